The lowest BCUT2D eigenvalue weighted by Crippen LogP contribution is -2.12. The average Bonchev–Trinajstić information content (AvgIpc) is 2.70. The third-order valence-electron chi connectivity index (χ3n) is 2.59. The Kier molecular flexibility index (Phi) is 3.87. The van der Waals surface area contributed by atoms with E-state index in [1.807, 2.05) is 18.2 Å². The van der Waals surface area contributed by atoms with Crippen LogP contribution in [0.2, 0.25) is 0 Å². The molecule has 0 saturated carbocycles. The molecule has 18 heavy (non-hydrogen) atoms. The van der Waals surface area contributed by atoms with E-state index in [1.165, 1.54) is 4.57 Å². The van der Waals surface area contributed by atoms with Gasteiger partial charge in [-0.3, -0.25) is 4.57 Å². The highest BCUT2D eigenvalue weighted by Gasteiger charge is 2.15. The largest absolute Gasteiger partial charge is 0.449 e. The third-order valence-corrected chi connectivity index (χ3v) is 3.49. The van der Waals surface area contributed by atoms with Gasteiger partial charge in [0.25, 0.3) is 0 Å². The molecule has 5 heteroatoms. The van der Waals surface area contributed by atoms with Crippen molar-refractivity contribution >= 4 is 39.6 Å². The predicted octanol–water partition coefficient (Wildman–Crippen LogP) is 3.32. The van der Waals surface area contributed by atoms with Crippen LogP contribution in [0, 0.1) is 14.9 Å². The summed E-state index contributed by atoms with van der Waals surface area (Å²) >= 11 is 2.21. The highest BCUT2D eigenvalue weighted by molar-refractivity contribution is 14.1. The van der Waals surface area contributed by atoms with E-state index in [1.54, 1.807) is 13.1 Å². The Bertz CT molecular complexity index is 640. The molecular formula is C13H11IN2O2. The van der Waals surface area contributed by atoms with Gasteiger partial charge in [0.2, 0.25) is 0 Å². The summed E-state index contributed by atoms with van der Waals surface area (Å²) in [5.41, 5.74) is 1.64. The van der Waals surface area contributed by atoms with Crippen molar-refractivity contribution in [2.45, 2.75) is 13.3 Å². The zero-order valence-electron chi connectivity index (χ0n) is 9.81. The fourth-order valence-electron chi connectivity index (χ4n) is 1.88. The molecule has 0 amide bonds. The zero-order valence-corrected chi connectivity index (χ0v) is 12.0. The molecule has 1 aromatic heterocycles. The van der Waals surface area contributed by atoms with E-state index in [2.05, 4.69) is 28.7 Å². The molecule has 0 atom stereocenters. The number of carbonyl (C=O) groups is 1. The summed E-state index contributed by atoms with van der Waals surface area (Å²) in [6.07, 6.45) is 1.56. The topological polar surface area (TPSA) is 55.0 Å². The second-order valence-corrected chi connectivity index (χ2v) is 4.85. The molecule has 0 aliphatic rings. The van der Waals surface area contributed by atoms with Crippen molar-refractivity contribution < 1.29 is 9.53 Å². The fourth-order valence-corrected chi connectivity index (χ4v) is 2.71. The summed E-state index contributed by atoms with van der Waals surface area (Å²) < 4.78 is 7.50. The Hall–Kier alpha value is -1.55. The number of hydrogen-bond donors (Lipinski definition) is 0. The maximum atomic E-state index is 11.8. The van der Waals surface area contributed by atoms with Gasteiger partial charge in [-0.1, -0.05) is 6.07 Å². The van der Waals surface area contributed by atoms with Crippen molar-refractivity contribution in [3.63, 3.8) is 0 Å². The van der Waals surface area contributed by atoms with Crippen LogP contribution in [-0.2, 0) is 11.2 Å². The predicted molar refractivity (Wildman–Crippen MR) is 76.4 cm³/mol. The molecule has 0 saturated heterocycles. The maximum absolute atomic E-state index is 11.8. The van der Waals surface area contributed by atoms with Gasteiger partial charge < -0.3 is 4.74 Å². The van der Waals surface area contributed by atoms with E-state index >= 15 is 0 Å². The lowest BCUT2D eigenvalue weighted by atomic mass is 10.1. The van der Waals surface area contributed by atoms with Gasteiger partial charge in [-0.15, -0.1) is 0 Å². The van der Waals surface area contributed by atoms with Crippen molar-refractivity contribution in [3.8, 4) is 6.07 Å². The Morgan fingerprint density at radius 2 is 2.33 bits per heavy atom. The zero-order chi connectivity index (χ0) is 13.1. The summed E-state index contributed by atoms with van der Waals surface area (Å²) in [5.74, 6) is 0. The molecule has 2 aromatic rings. The van der Waals surface area contributed by atoms with Crippen molar-refractivity contribution in [2.24, 2.45) is 0 Å². The van der Waals surface area contributed by atoms with E-state index in [4.69, 9.17) is 10.00 Å². The van der Waals surface area contributed by atoms with Crippen molar-refractivity contribution in [2.75, 3.05) is 6.61 Å². The van der Waals surface area contributed by atoms with Crippen LogP contribution < -0.4 is 0 Å². The molecular weight excluding hydrogens is 343 g/mol. The second kappa shape index (κ2) is 5.40. The average molecular weight is 354 g/mol. The molecule has 0 N–H and O–H groups in total. The van der Waals surface area contributed by atoms with Crippen LogP contribution in [0.1, 0.15) is 12.5 Å². The minimum atomic E-state index is -0.409. The van der Waals surface area contributed by atoms with Gasteiger partial charge in [0.05, 0.1) is 24.6 Å². The summed E-state index contributed by atoms with van der Waals surface area (Å²) in [5, 5.41) is 9.79. The quantitative estimate of drug-likeness (QED) is 0.778. The number of hydrogen-bond acceptors (Lipinski definition) is 3. The monoisotopic (exact) mass is 354 g/mol. The van der Waals surface area contributed by atoms with Gasteiger partial charge >= 0.3 is 6.09 Å². The molecule has 0 bridgehead atoms. The number of halogens is 1. The number of nitriles is 1. The standard InChI is InChI=1S/C13H11IN2O2/c1-2-18-13(17)16-8-9(6-7-15)12-10(14)4-3-5-11(12)16/h3-5,8H,2,6H2,1H3. The van der Waals surface area contributed by atoms with Crippen LogP contribution >= 0.6 is 22.6 Å². The summed E-state index contributed by atoms with van der Waals surface area (Å²) in [4.78, 5) is 11.8. The lowest BCUT2D eigenvalue weighted by Gasteiger charge is -2.03. The Labute approximate surface area is 118 Å². The number of fused-ring (bicyclic) bond motifs is 1. The van der Waals surface area contributed by atoms with Gasteiger partial charge in [0, 0.05) is 15.2 Å². The summed E-state index contributed by atoms with van der Waals surface area (Å²) in [7, 11) is 0. The maximum Gasteiger partial charge on any atom is 0.418 e. The number of rotatable bonds is 2. The van der Waals surface area contributed by atoms with Gasteiger partial charge in [0.15, 0.2) is 0 Å². The van der Waals surface area contributed by atoms with Gasteiger partial charge in [-0.05, 0) is 47.2 Å². The highest BCUT2D eigenvalue weighted by Crippen LogP contribution is 2.27. The minimum absolute atomic E-state index is 0.281. The molecule has 0 aliphatic heterocycles. The van der Waals surface area contributed by atoms with Crippen LogP contribution in [0.15, 0.2) is 24.4 Å². The molecule has 4 nitrogen and oxygen atoms in total. The number of benzene rings is 1. The molecule has 1 heterocycles. The molecule has 0 radical (unpaired) electrons. The third kappa shape index (κ3) is 2.20. The Morgan fingerprint density at radius 1 is 1.56 bits per heavy atom. The van der Waals surface area contributed by atoms with E-state index in [9.17, 15) is 4.79 Å². The first-order valence-electron chi connectivity index (χ1n) is 5.51. The van der Waals surface area contributed by atoms with E-state index in [-0.39, 0.29) is 6.42 Å². The van der Waals surface area contributed by atoms with Gasteiger partial charge in [-0.2, -0.15) is 5.26 Å². The lowest BCUT2D eigenvalue weighted by molar-refractivity contribution is 0.155. The van der Waals surface area contributed by atoms with Crippen LogP contribution in [0.4, 0.5) is 4.79 Å². The molecule has 1 aromatic carbocycles. The summed E-state index contributed by atoms with van der Waals surface area (Å²) in [6.45, 7) is 2.10. The summed E-state index contributed by atoms with van der Waals surface area (Å²) in [6, 6.07) is 7.82. The van der Waals surface area contributed by atoms with Crippen LogP contribution in [0.5, 0.6) is 0 Å². The van der Waals surface area contributed by atoms with Crippen LogP contribution in [0.25, 0.3) is 10.9 Å². The molecule has 2 rings (SSSR count). The first-order valence-corrected chi connectivity index (χ1v) is 6.59. The van der Waals surface area contributed by atoms with Gasteiger partial charge in [-0.25, -0.2) is 4.79 Å². The Morgan fingerprint density at radius 3 is 3.00 bits per heavy atom. The van der Waals surface area contributed by atoms with Crippen molar-refractivity contribution in [1.29, 1.82) is 5.26 Å². The number of nitrogens with zero attached hydrogens (tertiary/aromatic N) is 2. The first-order chi connectivity index (χ1) is 8.69. The number of ether oxygens (including phenoxy) is 1. The molecule has 0 fully saturated rings. The van der Waals surface area contributed by atoms with Gasteiger partial charge in [0.1, 0.15) is 0 Å². The molecule has 92 valence electrons. The van der Waals surface area contributed by atoms with E-state index in [0.717, 1.165) is 20.0 Å². The number of carbonyl (C=O) groups excluding carboxylic acids is 1. The van der Waals surface area contributed by atoms with E-state index < -0.39 is 6.09 Å². The van der Waals surface area contributed by atoms with Crippen LogP contribution in [0.3, 0.4) is 0 Å². The first kappa shape index (κ1) is 12.9. The molecule has 0 aliphatic carbocycles. The smallest absolute Gasteiger partial charge is 0.418 e. The van der Waals surface area contributed by atoms with Crippen molar-refractivity contribution in [1.82, 2.24) is 4.57 Å². The van der Waals surface area contributed by atoms with E-state index in [0.29, 0.717) is 6.61 Å². The second-order valence-electron chi connectivity index (χ2n) is 3.69. The highest BCUT2D eigenvalue weighted by atomic mass is 127. The normalized spacial score (nSPS) is 10.3. The fraction of sp³-hybridized carbons (Fsp3) is 0.231. The Balaban J connectivity index is 2.65. The minimum Gasteiger partial charge on any atom is -0.449 e. The van der Waals surface area contributed by atoms with Crippen LogP contribution in [-0.4, -0.2) is 17.3 Å². The molecule has 0 unspecified atom stereocenters. The number of aromatic nitrogens is 1. The molecule has 0 spiro atoms. The van der Waals surface area contributed by atoms with Crippen molar-refractivity contribution in [3.05, 3.63) is 33.5 Å². The SMILES string of the molecule is CCOC(=O)n1cc(CC#N)c2c(I)cccc21.